The second-order valence-corrected chi connectivity index (χ2v) is 18.2. The summed E-state index contributed by atoms with van der Waals surface area (Å²) in [6.45, 7) is 7.43. The monoisotopic (exact) mass is 725 g/mol. The molecule has 6 fully saturated rings. The second kappa shape index (κ2) is 27.1. The highest BCUT2D eigenvalue weighted by Gasteiger charge is 2.60. The normalized spacial score (nSPS) is 28.4. The number of carbonyl (C=O) groups is 2. The van der Waals surface area contributed by atoms with Crippen molar-refractivity contribution in [3.63, 3.8) is 0 Å². The van der Waals surface area contributed by atoms with Crippen molar-refractivity contribution < 1.29 is 19.8 Å². The van der Waals surface area contributed by atoms with E-state index < -0.39 is 11.9 Å². The molecule has 300 valence electrons. The largest absolute Gasteiger partial charge is 0.478 e. The number of carboxylic acids is 2. The van der Waals surface area contributed by atoms with Crippen molar-refractivity contribution in [3.05, 3.63) is 24.3 Å². The Morgan fingerprint density at radius 1 is 0.423 bits per heavy atom. The van der Waals surface area contributed by atoms with Crippen LogP contribution in [0.4, 0.5) is 0 Å². The van der Waals surface area contributed by atoms with Gasteiger partial charge < -0.3 is 10.2 Å². The van der Waals surface area contributed by atoms with Crippen molar-refractivity contribution in [1.82, 2.24) is 0 Å². The van der Waals surface area contributed by atoms with Gasteiger partial charge in [0.05, 0.1) is 0 Å². The van der Waals surface area contributed by atoms with Crippen molar-refractivity contribution in [1.29, 1.82) is 0 Å². The van der Waals surface area contributed by atoms with E-state index in [1.54, 1.807) is 0 Å². The first kappa shape index (κ1) is 44.8. The summed E-state index contributed by atoms with van der Waals surface area (Å²) in [5, 5.41) is 18.5. The number of fused-ring (bicyclic) bond motifs is 5. The van der Waals surface area contributed by atoms with E-state index >= 15 is 0 Å². The predicted molar refractivity (Wildman–Crippen MR) is 221 cm³/mol. The first-order valence-corrected chi connectivity index (χ1v) is 23.2. The molecule has 6 saturated carbocycles. The summed E-state index contributed by atoms with van der Waals surface area (Å²) in [5.41, 5.74) is 0.165. The van der Waals surface area contributed by atoms with E-state index in [0.717, 1.165) is 18.8 Å². The van der Waals surface area contributed by atoms with E-state index in [1.165, 1.54) is 212 Å². The lowest BCUT2D eigenvalue weighted by atomic mass is 9.63. The minimum Gasteiger partial charge on any atom is -0.478 e. The fourth-order valence-electron chi connectivity index (χ4n) is 11.2. The SMILES string of the molecule is C1CCCCCCCCC1.C1CCCCCCCCC1.C1CCCCCCCCC1.C=C(CC1(CC(=C)C(=O)O)CCC2C3CCC(C3)C21)C(=O)O. The highest BCUT2D eigenvalue weighted by Crippen LogP contribution is 2.67. The molecule has 0 aliphatic heterocycles. The maximum atomic E-state index is 11.3. The average molecular weight is 725 g/mol. The average Bonchev–Trinajstić information content (AvgIpc) is 3.88. The van der Waals surface area contributed by atoms with Gasteiger partial charge in [-0.3, -0.25) is 0 Å². The lowest BCUT2D eigenvalue weighted by Gasteiger charge is -2.40. The Morgan fingerprint density at radius 3 is 0.923 bits per heavy atom. The zero-order valence-corrected chi connectivity index (χ0v) is 34.1. The summed E-state index contributed by atoms with van der Waals surface area (Å²) in [6, 6.07) is 0. The Hall–Kier alpha value is -1.58. The first-order valence-electron chi connectivity index (χ1n) is 23.2. The van der Waals surface area contributed by atoms with Gasteiger partial charge in [0.2, 0.25) is 0 Å². The van der Waals surface area contributed by atoms with Crippen molar-refractivity contribution in [2.24, 2.45) is 29.1 Å². The Balaban J connectivity index is 0.000000204. The molecule has 2 N–H and O–H groups in total. The molecule has 4 nitrogen and oxygen atoms in total. The van der Waals surface area contributed by atoms with Crippen LogP contribution in [0.5, 0.6) is 0 Å². The quantitative estimate of drug-likeness (QED) is 0.267. The van der Waals surface area contributed by atoms with E-state index in [0.29, 0.717) is 30.6 Å². The highest BCUT2D eigenvalue weighted by atomic mass is 16.4. The topological polar surface area (TPSA) is 74.6 Å². The van der Waals surface area contributed by atoms with Gasteiger partial charge in [0.1, 0.15) is 0 Å². The van der Waals surface area contributed by atoms with Crippen molar-refractivity contribution in [2.75, 3.05) is 0 Å². The maximum Gasteiger partial charge on any atom is 0.330 e. The highest BCUT2D eigenvalue weighted by molar-refractivity contribution is 5.87. The first-order chi connectivity index (χ1) is 25.3. The molecule has 0 aromatic carbocycles. The van der Waals surface area contributed by atoms with Crippen LogP contribution in [0, 0.1) is 29.1 Å². The summed E-state index contributed by atoms with van der Waals surface area (Å²) in [5.74, 6) is 0.591. The molecule has 0 spiro atoms. The third-order valence-electron chi connectivity index (χ3n) is 14.0. The molecular formula is C48H84O4. The molecule has 0 amide bonds. The third kappa shape index (κ3) is 17.3. The number of hydrogen-bond donors (Lipinski definition) is 2. The fourth-order valence-corrected chi connectivity index (χ4v) is 11.2. The van der Waals surface area contributed by atoms with Crippen LogP contribution < -0.4 is 0 Å². The summed E-state index contributed by atoms with van der Waals surface area (Å²) < 4.78 is 0. The van der Waals surface area contributed by atoms with E-state index in [4.69, 9.17) is 0 Å². The molecule has 6 aliphatic carbocycles. The molecule has 6 rings (SSSR count). The van der Waals surface area contributed by atoms with Gasteiger partial charge in [0, 0.05) is 11.1 Å². The summed E-state index contributed by atoms with van der Waals surface area (Å²) in [4.78, 5) is 22.5. The molecule has 4 atom stereocenters. The van der Waals surface area contributed by atoms with Gasteiger partial charge in [-0.2, -0.15) is 0 Å². The van der Waals surface area contributed by atoms with Gasteiger partial charge in [0.25, 0.3) is 0 Å². The Kier molecular flexibility index (Phi) is 23.3. The molecule has 4 heteroatoms. The standard InChI is InChI=1S/C18H24O4.3C10H20/c1-10(16(19)20)8-18(9-11(2)17(21)22)6-5-14-12-3-4-13(7-12)15(14)18;3*1-2-4-6-8-10-9-7-5-3-1/h12-15H,1-9H2,(H,19,20)(H,21,22);3*1-10H2. The Bertz CT molecular complexity index is 823. The van der Waals surface area contributed by atoms with Crippen molar-refractivity contribution in [2.45, 2.75) is 238 Å². The fraction of sp³-hybridized carbons (Fsp3) is 0.875. The maximum absolute atomic E-state index is 11.3. The molecule has 6 aliphatic rings. The van der Waals surface area contributed by atoms with Crippen LogP contribution in [0.15, 0.2) is 24.3 Å². The smallest absolute Gasteiger partial charge is 0.330 e. The molecule has 0 saturated heterocycles. The summed E-state index contributed by atoms with van der Waals surface area (Å²) >= 11 is 0. The van der Waals surface area contributed by atoms with Crippen molar-refractivity contribution >= 4 is 11.9 Å². The van der Waals surface area contributed by atoms with E-state index in [-0.39, 0.29) is 16.6 Å². The van der Waals surface area contributed by atoms with Crippen molar-refractivity contribution in [3.8, 4) is 0 Å². The van der Waals surface area contributed by atoms with Crippen LogP contribution in [0.2, 0.25) is 0 Å². The molecule has 2 bridgehead atoms. The third-order valence-corrected chi connectivity index (χ3v) is 14.0. The van der Waals surface area contributed by atoms with E-state index in [9.17, 15) is 19.8 Å². The number of rotatable bonds is 6. The van der Waals surface area contributed by atoms with Gasteiger partial charge >= 0.3 is 11.9 Å². The van der Waals surface area contributed by atoms with Crippen LogP contribution in [0.25, 0.3) is 0 Å². The molecule has 0 heterocycles. The number of hydrogen-bond acceptors (Lipinski definition) is 2. The predicted octanol–water partition coefficient (Wildman–Crippen LogP) is 15.2. The van der Waals surface area contributed by atoms with Crippen LogP contribution >= 0.6 is 0 Å². The van der Waals surface area contributed by atoms with E-state index in [2.05, 4.69) is 13.2 Å². The molecule has 0 radical (unpaired) electrons. The van der Waals surface area contributed by atoms with Gasteiger partial charge in [-0.1, -0.05) is 206 Å². The van der Waals surface area contributed by atoms with Crippen LogP contribution in [-0.4, -0.2) is 22.2 Å². The van der Waals surface area contributed by atoms with Gasteiger partial charge in [-0.25, -0.2) is 9.59 Å². The summed E-state index contributed by atoms with van der Waals surface area (Å²) in [7, 11) is 0. The molecule has 52 heavy (non-hydrogen) atoms. The van der Waals surface area contributed by atoms with Crippen LogP contribution in [0.1, 0.15) is 238 Å². The minimum absolute atomic E-state index is 0.210. The second-order valence-electron chi connectivity index (χ2n) is 18.2. The summed E-state index contributed by atoms with van der Waals surface area (Å²) in [6.07, 6.45) is 51.6. The molecule has 0 aromatic heterocycles. The Morgan fingerprint density at radius 2 is 0.673 bits per heavy atom. The van der Waals surface area contributed by atoms with E-state index in [1.807, 2.05) is 0 Å². The van der Waals surface area contributed by atoms with Gasteiger partial charge in [-0.15, -0.1) is 0 Å². The Labute approximate surface area is 321 Å². The zero-order chi connectivity index (χ0) is 37.3. The number of aliphatic carboxylic acids is 2. The van der Waals surface area contributed by atoms with Gasteiger partial charge in [0.15, 0.2) is 0 Å². The lowest BCUT2D eigenvalue weighted by molar-refractivity contribution is -0.133. The molecule has 4 unspecified atom stereocenters. The lowest BCUT2D eigenvalue weighted by Crippen LogP contribution is -2.35. The van der Waals surface area contributed by atoms with Gasteiger partial charge in [-0.05, 0) is 74.0 Å². The number of carboxylic acid groups (broad SMARTS) is 2. The van der Waals surface area contributed by atoms with Crippen LogP contribution in [-0.2, 0) is 9.59 Å². The van der Waals surface area contributed by atoms with Crippen LogP contribution in [0.3, 0.4) is 0 Å². The molecule has 0 aromatic rings. The molecular weight excluding hydrogens is 641 g/mol. The minimum atomic E-state index is -0.966. The zero-order valence-electron chi connectivity index (χ0n) is 34.1.